The highest BCUT2D eigenvalue weighted by atomic mass is 19.1. The van der Waals surface area contributed by atoms with Crippen LogP contribution in [0.25, 0.3) is 0 Å². The number of carbonyl (C=O) groups is 3. The van der Waals surface area contributed by atoms with Gasteiger partial charge in [-0.25, -0.2) is 14.1 Å². The average Bonchev–Trinajstić information content (AvgIpc) is 2.98. The number of hydrogen-bond donors (Lipinski definition) is 0. The molecule has 29 heavy (non-hydrogen) atoms. The minimum atomic E-state index is -0.633. The second kappa shape index (κ2) is 7.31. The van der Waals surface area contributed by atoms with Crippen molar-refractivity contribution in [1.29, 1.82) is 0 Å². The van der Waals surface area contributed by atoms with E-state index in [0.29, 0.717) is 11.3 Å². The predicted octanol–water partition coefficient (Wildman–Crippen LogP) is 4.29. The first kappa shape index (κ1) is 18.6. The molecule has 3 aromatic rings. The second-order valence-electron chi connectivity index (χ2n) is 6.70. The Balaban J connectivity index is 1.56. The van der Waals surface area contributed by atoms with Gasteiger partial charge in [-0.05, 0) is 54.4 Å². The van der Waals surface area contributed by atoms with Crippen LogP contribution in [0.4, 0.5) is 10.1 Å². The zero-order chi connectivity index (χ0) is 20.5. The molecule has 0 aliphatic carbocycles. The fraction of sp³-hybridized carbons (Fsp3) is 0.0870. The van der Waals surface area contributed by atoms with E-state index in [-0.39, 0.29) is 29.1 Å². The van der Waals surface area contributed by atoms with Crippen molar-refractivity contribution in [2.75, 3.05) is 4.90 Å². The Kier molecular flexibility index (Phi) is 4.68. The van der Waals surface area contributed by atoms with E-state index in [1.165, 1.54) is 42.5 Å². The lowest BCUT2D eigenvalue weighted by molar-refractivity contribution is 0.0472. The number of para-hydroxylation sites is 1. The van der Waals surface area contributed by atoms with Crippen molar-refractivity contribution in [2.45, 2.75) is 13.5 Å². The van der Waals surface area contributed by atoms with Crippen LogP contribution in [0.5, 0.6) is 0 Å². The fourth-order valence-electron chi connectivity index (χ4n) is 3.21. The highest BCUT2D eigenvalue weighted by Crippen LogP contribution is 2.31. The standard InChI is InChI=1S/C23H16FNO4/c1-14-4-2-3-5-20(14)25-21(26)18-11-8-16(12-19(18)22(25)27)23(28)29-13-15-6-9-17(24)10-7-15/h2-12H,13H2,1H3. The van der Waals surface area contributed by atoms with E-state index in [0.717, 1.165) is 10.5 Å². The number of esters is 1. The van der Waals surface area contributed by atoms with Crippen LogP contribution in [0.15, 0.2) is 66.7 Å². The lowest BCUT2D eigenvalue weighted by Crippen LogP contribution is -2.29. The number of imide groups is 1. The highest BCUT2D eigenvalue weighted by Gasteiger charge is 2.37. The second-order valence-corrected chi connectivity index (χ2v) is 6.70. The Morgan fingerprint density at radius 3 is 2.34 bits per heavy atom. The first-order valence-corrected chi connectivity index (χ1v) is 8.96. The maximum Gasteiger partial charge on any atom is 0.338 e. The van der Waals surface area contributed by atoms with Gasteiger partial charge < -0.3 is 4.74 Å². The van der Waals surface area contributed by atoms with Crippen LogP contribution in [0, 0.1) is 12.7 Å². The van der Waals surface area contributed by atoms with Gasteiger partial charge in [-0.2, -0.15) is 0 Å². The normalized spacial score (nSPS) is 12.8. The first-order valence-electron chi connectivity index (χ1n) is 8.96. The minimum Gasteiger partial charge on any atom is -0.457 e. The smallest absolute Gasteiger partial charge is 0.338 e. The van der Waals surface area contributed by atoms with Crippen LogP contribution in [-0.2, 0) is 11.3 Å². The Labute approximate surface area is 166 Å². The maximum absolute atomic E-state index is 13.0. The molecule has 0 radical (unpaired) electrons. The number of ether oxygens (including phenoxy) is 1. The third-order valence-corrected chi connectivity index (χ3v) is 4.76. The number of hydrogen-bond acceptors (Lipinski definition) is 4. The van der Waals surface area contributed by atoms with E-state index in [9.17, 15) is 18.8 Å². The number of benzene rings is 3. The van der Waals surface area contributed by atoms with E-state index < -0.39 is 17.8 Å². The Morgan fingerprint density at radius 2 is 1.62 bits per heavy atom. The number of aryl methyl sites for hydroxylation is 1. The summed E-state index contributed by atoms with van der Waals surface area (Å²) in [4.78, 5) is 39.1. The number of rotatable bonds is 4. The van der Waals surface area contributed by atoms with Crippen molar-refractivity contribution in [3.8, 4) is 0 Å². The number of anilines is 1. The van der Waals surface area contributed by atoms with E-state index in [1.807, 2.05) is 19.1 Å². The fourth-order valence-corrected chi connectivity index (χ4v) is 3.21. The van der Waals surface area contributed by atoms with E-state index in [1.54, 1.807) is 12.1 Å². The lowest BCUT2D eigenvalue weighted by Gasteiger charge is -2.16. The Hall–Kier alpha value is -3.80. The van der Waals surface area contributed by atoms with Crippen LogP contribution in [-0.4, -0.2) is 17.8 Å². The third kappa shape index (κ3) is 3.40. The monoisotopic (exact) mass is 389 g/mol. The molecular formula is C23H16FNO4. The largest absolute Gasteiger partial charge is 0.457 e. The van der Waals surface area contributed by atoms with Gasteiger partial charge in [-0.3, -0.25) is 9.59 Å². The number of amides is 2. The molecule has 0 bridgehead atoms. The molecule has 1 aliphatic rings. The topological polar surface area (TPSA) is 63.7 Å². The molecule has 0 unspecified atom stereocenters. The summed E-state index contributed by atoms with van der Waals surface area (Å²) in [6.45, 7) is 1.79. The lowest BCUT2D eigenvalue weighted by atomic mass is 10.1. The van der Waals surface area contributed by atoms with Crippen LogP contribution >= 0.6 is 0 Å². The number of carbonyl (C=O) groups excluding carboxylic acids is 3. The van der Waals surface area contributed by atoms with E-state index in [2.05, 4.69) is 0 Å². The molecule has 0 saturated heterocycles. The van der Waals surface area contributed by atoms with Gasteiger partial charge >= 0.3 is 5.97 Å². The summed E-state index contributed by atoms with van der Waals surface area (Å²) in [5, 5.41) is 0. The molecule has 1 heterocycles. The van der Waals surface area contributed by atoms with Gasteiger partial charge in [-0.1, -0.05) is 30.3 Å². The van der Waals surface area contributed by atoms with Gasteiger partial charge in [0.1, 0.15) is 12.4 Å². The van der Waals surface area contributed by atoms with Gasteiger partial charge in [0.25, 0.3) is 11.8 Å². The predicted molar refractivity (Wildman–Crippen MR) is 104 cm³/mol. The molecule has 144 valence electrons. The van der Waals surface area contributed by atoms with Gasteiger partial charge in [-0.15, -0.1) is 0 Å². The summed E-state index contributed by atoms with van der Waals surface area (Å²) in [6, 6.07) is 17.0. The van der Waals surface area contributed by atoms with Gasteiger partial charge in [0, 0.05) is 0 Å². The summed E-state index contributed by atoms with van der Waals surface area (Å²) in [6.07, 6.45) is 0. The molecule has 0 spiro atoms. The highest BCUT2D eigenvalue weighted by molar-refractivity contribution is 6.34. The zero-order valence-electron chi connectivity index (χ0n) is 15.5. The number of nitrogens with zero attached hydrogens (tertiary/aromatic N) is 1. The van der Waals surface area contributed by atoms with Gasteiger partial charge in [0.2, 0.25) is 0 Å². The van der Waals surface area contributed by atoms with Crippen molar-refractivity contribution in [3.63, 3.8) is 0 Å². The van der Waals surface area contributed by atoms with Crippen molar-refractivity contribution in [1.82, 2.24) is 0 Å². The molecular weight excluding hydrogens is 373 g/mol. The quantitative estimate of drug-likeness (QED) is 0.493. The molecule has 3 aromatic carbocycles. The molecule has 0 fully saturated rings. The SMILES string of the molecule is Cc1ccccc1N1C(=O)c2ccc(C(=O)OCc3ccc(F)cc3)cc2C1=O. The molecule has 0 atom stereocenters. The van der Waals surface area contributed by atoms with Crippen LogP contribution < -0.4 is 4.90 Å². The summed E-state index contributed by atoms with van der Waals surface area (Å²) in [5.41, 5.74) is 2.51. The van der Waals surface area contributed by atoms with Gasteiger partial charge in [0.05, 0.1) is 22.4 Å². The third-order valence-electron chi connectivity index (χ3n) is 4.76. The van der Waals surface area contributed by atoms with Crippen molar-refractivity contribution < 1.29 is 23.5 Å². The number of fused-ring (bicyclic) bond motifs is 1. The molecule has 6 heteroatoms. The molecule has 0 saturated carbocycles. The molecule has 5 nitrogen and oxygen atoms in total. The van der Waals surface area contributed by atoms with Crippen molar-refractivity contribution in [2.24, 2.45) is 0 Å². The number of halogens is 1. The molecule has 0 N–H and O–H groups in total. The minimum absolute atomic E-state index is 0.0294. The van der Waals surface area contributed by atoms with Crippen molar-refractivity contribution in [3.05, 3.63) is 100 Å². The average molecular weight is 389 g/mol. The van der Waals surface area contributed by atoms with Crippen molar-refractivity contribution >= 4 is 23.5 Å². The van der Waals surface area contributed by atoms with Crippen LogP contribution in [0.1, 0.15) is 42.2 Å². The van der Waals surface area contributed by atoms with Crippen LogP contribution in [0.2, 0.25) is 0 Å². The van der Waals surface area contributed by atoms with Gasteiger partial charge in [0.15, 0.2) is 0 Å². The molecule has 0 aromatic heterocycles. The molecule has 2 amide bonds. The summed E-state index contributed by atoms with van der Waals surface area (Å²) < 4.78 is 18.2. The summed E-state index contributed by atoms with van der Waals surface area (Å²) >= 11 is 0. The molecule has 4 rings (SSSR count). The first-order chi connectivity index (χ1) is 14.0. The van der Waals surface area contributed by atoms with E-state index in [4.69, 9.17) is 4.74 Å². The summed E-state index contributed by atoms with van der Waals surface area (Å²) in [7, 11) is 0. The van der Waals surface area contributed by atoms with E-state index >= 15 is 0 Å². The summed E-state index contributed by atoms with van der Waals surface area (Å²) in [5.74, 6) is -1.91. The maximum atomic E-state index is 13.0. The Bertz CT molecular complexity index is 1140. The Morgan fingerprint density at radius 1 is 0.931 bits per heavy atom. The zero-order valence-corrected chi connectivity index (χ0v) is 15.5. The van der Waals surface area contributed by atoms with Crippen LogP contribution in [0.3, 0.4) is 0 Å². The molecule has 1 aliphatic heterocycles.